The van der Waals surface area contributed by atoms with Gasteiger partial charge in [0.15, 0.2) is 0 Å². The van der Waals surface area contributed by atoms with Crippen molar-refractivity contribution in [3.05, 3.63) is 12.7 Å². The lowest BCUT2D eigenvalue weighted by atomic mass is 10.1. The average molecular weight is 200 g/mol. The van der Waals surface area contributed by atoms with Gasteiger partial charge in [0.2, 0.25) is 5.91 Å². The van der Waals surface area contributed by atoms with Crippen LogP contribution in [0.2, 0.25) is 0 Å². The molecular formula is C10H20N2O2. The summed E-state index contributed by atoms with van der Waals surface area (Å²) in [6.07, 6.45) is 2.62. The van der Waals surface area contributed by atoms with Crippen LogP contribution in [-0.2, 0) is 9.53 Å². The number of nitrogens with two attached hydrogens (primary N) is 1. The molecule has 0 heterocycles. The van der Waals surface area contributed by atoms with Gasteiger partial charge in [-0.05, 0) is 20.3 Å². The standard InChI is InChI=1S/C10H20N2O2/c1-4-5-7-14-8-6-12-9(13)10(2,3)11/h4H,1,5-8,11H2,2-3H3,(H,12,13). The zero-order valence-electron chi connectivity index (χ0n) is 9.01. The Kier molecular flexibility index (Phi) is 6.16. The van der Waals surface area contributed by atoms with Gasteiger partial charge in [0.05, 0.1) is 18.8 Å². The summed E-state index contributed by atoms with van der Waals surface area (Å²) in [6.45, 7) is 8.56. The largest absolute Gasteiger partial charge is 0.379 e. The molecule has 0 aliphatic carbocycles. The zero-order chi connectivity index (χ0) is 11.0. The molecule has 0 atom stereocenters. The van der Waals surface area contributed by atoms with E-state index in [9.17, 15) is 4.79 Å². The molecule has 14 heavy (non-hydrogen) atoms. The molecule has 0 fully saturated rings. The Hall–Kier alpha value is -0.870. The fourth-order valence-corrected chi connectivity index (χ4v) is 0.733. The van der Waals surface area contributed by atoms with Crippen LogP contribution in [0.5, 0.6) is 0 Å². The monoisotopic (exact) mass is 200 g/mol. The van der Waals surface area contributed by atoms with E-state index in [1.54, 1.807) is 19.9 Å². The van der Waals surface area contributed by atoms with Crippen LogP contribution >= 0.6 is 0 Å². The number of hydrogen-bond donors (Lipinski definition) is 2. The first-order chi connectivity index (χ1) is 6.48. The molecular weight excluding hydrogens is 180 g/mol. The fourth-order valence-electron chi connectivity index (χ4n) is 0.733. The lowest BCUT2D eigenvalue weighted by Crippen LogP contribution is -2.49. The Bertz CT molecular complexity index is 185. The maximum Gasteiger partial charge on any atom is 0.239 e. The van der Waals surface area contributed by atoms with Gasteiger partial charge in [-0.15, -0.1) is 6.58 Å². The highest BCUT2D eigenvalue weighted by Gasteiger charge is 2.20. The van der Waals surface area contributed by atoms with Crippen LogP contribution in [0.1, 0.15) is 20.3 Å². The molecule has 0 saturated heterocycles. The Morgan fingerprint density at radius 3 is 2.71 bits per heavy atom. The SMILES string of the molecule is C=CCCOCCNC(=O)C(C)(C)N. The minimum atomic E-state index is -0.818. The smallest absolute Gasteiger partial charge is 0.239 e. The third kappa shape index (κ3) is 6.62. The van der Waals surface area contributed by atoms with Gasteiger partial charge < -0.3 is 15.8 Å². The van der Waals surface area contributed by atoms with Crippen LogP contribution in [0.15, 0.2) is 12.7 Å². The van der Waals surface area contributed by atoms with Gasteiger partial charge in [-0.25, -0.2) is 0 Å². The van der Waals surface area contributed by atoms with Crippen LogP contribution in [-0.4, -0.2) is 31.2 Å². The van der Waals surface area contributed by atoms with Crippen LogP contribution in [0.25, 0.3) is 0 Å². The molecule has 0 aromatic carbocycles. The zero-order valence-corrected chi connectivity index (χ0v) is 9.01. The highest BCUT2D eigenvalue weighted by molar-refractivity contribution is 5.84. The summed E-state index contributed by atoms with van der Waals surface area (Å²) >= 11 is 0. The second-order valence-electron chi connectivity index (χ2n) is 3.67. The molecule has 0 unspecified atom stereocenters. The van der Waals surface area contributed by atoms with Crippen molar-refractivity contribution in [2.24, 2.45) is 5.73 Å². The van der Waals surface area contributed by atoms with Crippen molar-refractivity contribution in [2.45, 2.75) is 25.8 Å². The predicted octanol–water partition coefficient (Wildman–Crippen LogP) is 0.433. The molecule has 0 bridgehead atoms. The highest BCUT2D eigenvalue weighted by Crippen LogP contribution is 1.94. The van der Waals surface area contributed by atoms with E-state index >= 15 is 0 Å². The van der Waals surface area contributed by atoms with Crippen molar-refractivity contribution < 1.29 is 9.53 Å². The molecule has 0 aromatic heterocycles. The van der Waals surface area contributed by atoms with E-state index in [0.29, 0.717) is 19.8 Å². The quantitative estimate of drug-likeness (QED) is 0.463. The number of hydrogen-bond acceptors (Lipinski definition) is 3. The summed E-state index contributed by atoms with van der Waals surface area (Å²) in [4.78, 5) is 11.2. The lowest BCUT2D eigenvalue weighted by molar-refractivity contribution is -0.125. The molecule has 82 valence electrons. The Balaban J connectivity index is 3.37. The Morgan fingerprint density at radius 1 is 1.57 bits per heavy atom. The fraction of sp³-hybridized carbons (Fsp3) is 0.700. The molecule has 0 rings (SSSR count). The van der Waals surface area contributed by atoms with E-state index in [0.717, 1.165) is 6.42 Å². The van der Waals surface area contributed by atoms with Crippen LogP contribution in [0.4, 0.5) is 0 Å². The second kappa shape index (κ2) is 6.56. The summed E-state index contributed by atoms with van der Waals surface area (Å²) in [7, 11) is 0. The normalized spacial score (nSPS) is 11.1. The minimum Gasteiger partial charge on any atom is -0.379 e. The third-order valence-electron chi connectivity index (χ3n) is 1.58. The lowest BCUT2D eigenvalue weighted by Gasteiger charge is -2.17. The number of ether oxygens (including phenoxy) is 1. The summed E-state index contributed by atoms with van der Waals surface area (Å²) in [5, 5.41) is 2.68. The number of amides is 1. The van der Waals surface area contributed by atoms with Gasteiger partial charge in [0.25, 0.3) is 0 Å². The topological polar surface area (TPSA) is 64.3 Å². The Labute approximate surface area is 85.5 Å². The summed E-state index contributed by atoms with van der Waals surface area (Å²) in [5.41, 5.74) is 4.76. The second-order valence-corrected chi connectivity index (χ2v) is 3.67. The molecule has 4 heteroatoms. The van der Waals surface area contributed by atoms with E-state index < -0.39 is 5.54 Å². The first-order valence-corrected chi connectivity index (χ1v) is 4.74. The van der Waals surface area contributed by atoms with Gasteiger partial charge in [-0.3, -0.25) is 4.79 Å². The van der Waals surface area contributed by atoms with Crippen molar-refractivity contribution in [1.82, 2.24) is 5.32 Å². The van der Waals surface area contributed by atoms with E-state index in [2.05, 4.69) is 11.9 Å². The van der Waals surface area contributed by atoms with Crippen molar-refractivity contribution in [3.8, 4) is 0 Å². The van der Waals surface area contributed by atoms with Crippen molar-refractivity contribution in [2.75, 3.05) is 19.8 Å². The molecule has 0 saturated carbocycles. The maximum atomic E-state index is 11.2. The summed E-state index contributed by atoms with van der Waals surface area (Å²) in [5.74, 6) is -0.162. The molecule has 0 aliphatic heterocycles. The number of carbonyl (C=O) groups excluding carboxylic acids is 1. The van der Waals surface area contributed by atoms with E-state index in [4.69, 9.17) is 10.5 Å². The summed E-state index contributed by atoms with van der Waals surface area (Å²) in [6, 6.07) is 0. The Morgan fingerprint density at radius 2 is 2.21 bits per heavy atom. The molecule has 1 amide bonds. The van der Waals surface area contributed by atoms with Gasteiger partial charge in [-0.1, -0.05) is 6.08 Å². The molecule has 4 nitrogen and oxygen atoms in total. The molecule has 0 radical (unpaired) electrons. The molecule has 0 spiro atoms. The van der Waals surface area contributed by atoms with Gasteiger partial charge in [0, 0.05) is 6.54 Å². The molecule has 0 aromatic rings. The number of rotatable bonds is 7. The average Bonchev–Trinajstić information content (AvgIpc) is 2.09. The molecule has 0 aliphatic rings. The van der Waals surface area contributed by atoms with Gasteiger partial charge in [0.1, 0.15) is 0 Å². The van der Waals surface area contributed by atoms with E-state index in [-0.39, 0.29) is 5.91 Å². The first-order valence-electron chi connectivity index (χ1n) is 4.74. The van der Waals surface area contributed by atoms with E-state index in [1.165, 1.54) is 0 Å². The van der Waals surface area contributed by atoms with Crippen molar-refractivity contribution in [3.63, 3.8) is 0 Å². The van der Waals surface area contributed by atoms with Crippen molar-refractivity contribution >= 4 is 5.91 Å². The third-order valence-corrected chi connectivity index (χ3v) is 1.58. The van der Waals surface area contributed by atoms with Gasteiger partial charge >= 0.3 is 0 Å². The minimum absolute atomic E-state index is 0.162. The van der Waals surface area contributed by atoms with Crippen molar-refractivity contribution in [1.29, 1.82) is 0 Å². The van der Waals surface area contributed by atoms with E-state index in [1.807, 2.05) is 0 Å². The predicted molar refractivity (Wildman–Crippen MR) is 56.9 cm³/mol. The highest BCUT2D eigenvalue weighted by atomic mass is 16.5. The van der Waals surface area contributed by atoms with Crippen LogP contribution in [0, 0.1) is 0 Å². The van der Waals surface area contributed by atoms with Crippen LogP contribution in [0.3, 0.4) is 0 Å². The number of nitrogens with one attached hydrogen (secondary N) is 1. The summed E-state index contributed by atoms with van der Waals surface area (Å²) < 4.78 is 5.21. The van der Waals surface area contributed by atoms with Gasteiger partial charge in [-0.2, -0.15) is 0 Å². The number of carbonyl (C=O) groups is 1. The molecule has 3 N–H and O–H groups in total. The van der Waals surface area contributed by atoms with Crippen LogP contribution < -0.4 is 11.1 Å². The maximum absolute atomic E-state index is 11.2. The first kappa shape index (κ1) is 13.1.